The van der Waals surface area contributed by atoms with Crippen molar-refractivity contribution >= 4 is 0 Å². The number of methoxy groups -OCH3 is 2. The average molecular weight is 289 g/mol. The van der Waals surface area contributed by atoms with E-state index in [9.17, 15) is 0 Å². The van der Waals surface area contributed by atoms with Gasteiger partial charge >= 0.3 is 6.01 Å². The monoisotopic (exact) mass is 289 g/mol. The lowest BCUT2D eigenvalue weighted by molar-refractivity contribution is 0.336. The number of hydrogen-bond acceptors (Lipinski definition) is 6. The predicted octanol–water partition coefficient (Wildman–Crippen LogP) is 2.18. The first kappa shape index (κ1) is 15.1. The summed E-state index contributed by atoms with van der Waals surface area (Å²) in [6.45, 7) is 1.93. The first-order valence-electron chi connectivity index (χ1n) is 6.59. The Hall–Kier alpha value is -2.34. The van der Waals surface area contributed by atoms with E-state index in [0.717, 1.165) is 12.0 Å². The van der Waals surface area contributed by atoms with E-state index in [0.29, 0.717) is 17.2 Å². The highest BCUT2D eigenvalue weighted by molar-refractivity contribution is 5.52. The molecule has 0 spiro atoms. The quantitative estimate of drug-likeness (QED) is 0.878. The van der Waals surface area contributed by atoms with Gasteiger partial charge in [0.1, 0.15) is 0 Å². The second-order valence-corrected chi connectivity index (χ2v) is 4.65. The van der Waals surface area contributed by atoms with Crippen LogP contribution in [-0.4, -0.2) is 30.2 Å². The molecule has 0 fully saturated rings. The highest BCUT2D eigenvalue weighted by atomic mass is 16.5. The van der Waals surface area contributed by atoms with Crippen LogP contribution < -0.4 is 19.9 Å². The zero-order valence-corrected chi connectivity index (χ0v) is 12.4. The summed E-state index contributed by atoms with van der Waals surface area (Å²) in [5, 5.41) is 0. The Morgan fingerprint density at radius 3 is 2.14 bits per heavy atom. The molecule has 1 atom stereocenters. The van der Waals surface area contributed by atoms with Gasteiger partial charge in [-0.15, -0.1) is 0 Å². The van der Waals surface area contributed by atoms with E-state index in [4.69, 9.17) is 19.9 Å². The smallest absolute Gasteiger partial charge is 0.322 e. The third kappa shape index (κ3) is 3.82. The lowest BCUT2D eigenvalue weighted by atomic mass is 10.1. The van der Waals surface area contributed by atoms with Gasteiger partial charge in [0.05, 0.1) is 14.2 Å². The van der Waals surface area contributed by atoms with E-state index >= 15 is 0 Å². The lowest BCUT2D eigenvalue weighted by Crippen LogP contribution is -2.17. The van der Waals surface area contributed by atoms with Crippen LogP contribution in [0, 0.1) is 0 Å². The Balaban J connectivity index is 2.22. The second kappa shape index (κ2) is 6.90. The number of nitrogens with two attached hydrogens (primary N) is 1. The van der Waals surface area contributed by atoms with E-state index in [-0.39, 0.29) is 12.1 Å². The van der Waals surface area contributed by atoms with E-state index in [1.807, 2.05) is 13.0 Å². The molecule has 2 N–H and O–H groups in total. The van der Waals surface area contributed by atoms with Gasteiger partial charge < -0.3 is 19.9 Å². The maximum atomic E-state index is 5.74. The molecule has 0 saturated heterocycles. The molecule has 2 rings (SSSR count). The Morgan fingerprint density at radius 2 is 1.67 bits per heavy atom. The van der Waals surface area contributed by atoms with Gasteiger partial charge in [-0.1, -0.05) is 6.07 Å². The Kier molecular flexibility index (Phi) is 4.94. The molecule has 2 aromatic rings. The SMILES string of the molecule is COc1cccc(OC)c1Oc1ncc(CC(C)N)cn1. The summed E-state index contributed by atoms with van der Waals surface area (Å²) >= 11 is 0. The summed E-state index contributed by atoms with van der Waals surface area (Å²) < 4.78 is 16.2. The highest BCUT2D eigenvalue weighted by Crippen LogP contribution is 2.38. The third-order valence-corrected chi connectivity index (χ3v) is 2.82. The van der Waals surface area contributed by atoms with E-state index < -0.39 is 0 Å². The molecule has 1 aromatic heterocycles. The van der Waals surface area contributed by atoms with Crippen molar-refractivity contribution in [3.05, 3.63) is 36.2 Å². The molecular formula is C15H19N3O3. The minimum atomic E-state index is 0.0645. The molecule has 1 heterocycles. The van der Waals surface area contributed by atoms with Crippen LogP contribution in [-0.2, 0) is 6.42 Å². The van der Waals surface area contributed by atoms with Crippen LogP contribution in [0.3, 0.4) is 0 Å². The van der Waals surface area contributed by atoms with Gasteiger partial charge in [0.15, 0.2) is 11.5 Å². The molecule has 0 bridgehead atoms. The first-order valence-corrected chi connectivity index (χ1v) is 6.59. The number of ether oxygens (including phenoxy) is 3. The van der Waals surface area contributed by atoms with Crippen LogP contribution in [0.5, 0.6) is 23.3 Å². The van der Waals surface area contributed by atoms with E-state index in [1.165, 1.54) is 0 Å². The summed E-state index contributed by atoms with van der Waals surface area (Å²) in [5.41, 5.74) is 6.70. The molecule has 0 aliphatic carbocycles. The maximum absolute atomic E-state index is 5.74. The number of benzene rings is 1. The van der Waals surface area contributed by atoms with Gasteiger partial charge in [0, 0.05) is 18.4 Å². The van der Waals surface area contributed by atoms with Gasteiger partial charge in [-0.3, -0.25) is 0 Å². The number of rotatable bonds is 6. The van der Waals surface area contributed by atoms with Gasteiger partial charge in [0.2, 0.25) is 5.75 Å². The van der Waals surface area contributed by atoms with Gasteiger partial charge in [0.25, 0.3) is 0 Å². The second-order valence-electron chi connectivity index (χ2n) is 4.65. The highest BCUT2D eigenvalue weighted by Gasteiger charge is 2.13. The van der Waals surface area contributed by atoms with Crippen LogP contribution in [0.15, 0.2) is 30.6 Å². The molecular weight excluding hydrogens is 270 g/mol. The lowest BCUT2D eigenvalue weighted by Gasteiger charge is -2.12. The van der Waals surface area contributed by atoms with Crippen LogP contribution in [0.1, 0.15) is 12.5 Å². The van der Waals surface area contributed by atoms with Crippen molar-refractivity contribution in [2.75, 3.05) is 14.2 Å². The molecule has 0 amide bonds. The molecule has 0 aliphatic heterocycles. The Morgan fingerprint density at radius 1 is 1.10 bits per heavy atom. The first-order chi connectivity index (χ1) is 10.1. The van der Waals surface area contributed by atoms with Crippen LogP contribution in [0.25, 0.3) is 0 Å². The van der Waals surface area contributed by atoms with E-state index in [1.54, 1.807) is 38.7 Å². The zero-order chi connectivity index (χ0) is 15.2. The number of aromatic nitrogens is 2. The number of nitrogens with zero attached hydrogens (tertiary/aromatic N) is 2. The van der Waals surface area contributed by atoms with Crippen molar-refractivity contribution in [1.82, 2.24) is 9.97 Å². The third-order valence-electron chi connectivity index (χ3n) is 2.82. The molecule has 21 heavy (non-hydrogen) atoms. The molecule has 0 saturated carbocycles. The molecule has 1 aromatic carbocycles. The molecule has 0 aliphatic rings. The Labute approximate surface area is 123 Å². The fourth-order valence-electron chi connectivity index (χ4n) is 1.88. The fourth-order valence-corrected chi connectivity index (χ4v) is 1.88. The zero-order valence-electron chi connectivity index (χ0n) is 12.4. The Bertz CT molecular complexity index is 563. The average Bonchev–Trinajstić information content (AvgIpc) is 2.49. The van der Waals surface area contributed by atoms with Crippen molar-refractivity contribution < 1.29 is 14.2 Å². The van der Waals surface area contributed by atoms with Gasteiger partial charge in [-0.05, 0) is 31.0 Å². The molecule has 0 radical (unpaired) electrons. The normalized spacial score (nSPS) is 11.8. The number of hydrogen-bond donors (Lipinski definition) is 1. The van der Waals surface area contributed by atoms with Crippen LogP contribution in [0.4, 0.5) is 0 Å². The summed E-state index contributed by atoms with van der Waals surface area (Å²) in [5.74, 6) is 1.55. The summed E-state index contributed by atoms with van der Waals surface area (Å²) in [7, 11) is 3.13. The molecule has 1 unspecified atom stereocenters. The fraction of sp³-hybridized carbons (Fsp3) is 0.333. The summed E-state index contributed by atoms with van der Waals surface area (Å²) in [6.07, 6.45) is 4.12. The summed E-state index contributed by atoms with van der Waals surface area (Å²) in [4.78, 5) is 8.36. The standard InChI is InChI=1S/C15H19N3O3/c1-10(16)7-11-8-17-15(18-9-11)21-14-12(19-2)5-4-6-13(14)20-3/h4-6,8-10H,7,16H2,1-3H3. The molecule has 6 nitrogen and oxygen atoms in total. The van der Waals surface area contributed by atoms with Crippen molar-refractivity contribution in [3.63, 3.8) is 0 Å². The minimum Gasteiger partial charge on any atom is -0.493 e. The summed E-state index contributed by atoms with van der Waals surface area (Å²) in [6, 6.07) is 5.67. The van der Waals surface area contributed by atoms with Crippen LogP contribution >= 0.6 is 0 Å². The van der Waals surface area contributed by atoms with E-state index in [2.05, 4.69) is 9.97 Å². The van der Waals surface area contributed by atoms with Crippen molar-refractivity contribution in [3.8, 4) is 23.3 Å². The van der Waals surface area contributed by atoms with Crippen molar-refractivity contribution in [1.29, 1.82) is 0 Å². The van der Waals surface area contributed by atoms with Crippen molar-refractivity contribution in [2.24, 2.45) is 5.73 Å². The van der Waals surface area contributed by atoms with Crippen LogP contribution in [0.2, 0.25) is 0 Å². The predicted molar refractivity (Wildman–Crippen MR) is 79.0 cm³/mol. The topological polar surface area (TPSA) is 79.5 Å². The maximum Gasteiger partial charge on any atom is 0.322 e. The van der Waals surface area contributed by atoms with Gasteiger partial charge in [-0.2, -0.15) is 0 Å². The number of para-hydroxylation sites is 1. The van der Waals surface area contributed by atoms with Gasteiger partial charge in [-0.25, -0.2) is 9.97 Å². The largest absolute Gasteiger partial charge is 0.493 e. The molecule has 6 heteroatoms. The minimum absolute atomic E-state index is 0.0645. The molecule has 112 valence electrons. The van der Waals surface area contributed by atoms with Crippen molar-refractivity contribution in [2.45, 2.75) is 19.4 Å².